The van der Waals surface area contributed by atoms with Crippen LogP contribution >= 0.6 is 0 Å². The van der Waals surface area contributed by atoms with Gasteiger partial charge in [-0.05, 0) is 32.2 Å². The van der Waals surface area contributed by atoms with Crippen LogP contribution in [0.2, 0.25) is 0 Å². The van der Waals surface area contributed by atoms with Crippen molar-refractivity contribution in [3.8, 4) is 11.8 Å². The van der Waals surface area contributed by atoms with Crippen LogP contribution in [0.15, 0.2) is 18.2 Å². The highest BCUT2D eigenvalue weighted by Crippen LogP contribution is 2.31. The summed E-state index contributed by atoms with van der Waals surface area (Å²) in [5.41, 5.74) is -0.592. The van der Waals surface area contributed by atoms with Crippen LogP contribution in [0.1, 0.15) is 39.0 Å². The summed E-state index contributed by atoms with van der Waals surface area (Å²) in [5, 5.41) is 12.7. The highest BCUT2D eigenvalue weighted by Gasteiger charge is 2.37. The lowest BCUT2D eigenvalue weighted by Crippen LogP contribution is -2.50. The standard InChI is InChI=1S/C16H20F2N2O/c1-2-6-20-16(11-19)5-3-4-14(10-16)21-15-8-12(17)7-13(18)9-15/h7-9,14,20H,2-6,10H2,1H3. The Morgan fingerprint density at radius 1 is 1.38 bits per heavy atom. The maximum atomic E-state index is 13.2. The molecule has 1 aliphatic rings. The van der Waals surface area contributed by atoms with Gasteiger partial charge in [0.15, 0.2) is 0 Å². The van der Waals surface area contributed by atoms with Crippen molar-refractivity contribution in [3.05, 3.63) is 29.8 Å². The summed E-state index contributed by atoms with van der Waals surface area (Å²) in [4.78, 5) is 0. The van der Waals surface area contributed by atoms with Crippen molar-refractivity contribution in [2.45, 2.75) is 50.7 Å². The molecule has 0 amide bonds. The van der Waals surface area contributed by atoms with Crippen molar-refractivity contribution < 1.29 is 13.5 Å². The maximum absolute atomic E-state index is 13.2. The van der Waals surface area contributed by atoms with Crippen molar-refractivity contribution in [3.63, 3.8) is 0 Å². The predicted molar refractivity (Wildman–Crippen MR) is 75.9 cm³/mol. The van der Waals surface area contributed by atoms with Crippen molar-refractivity contribution in [2.75, 3.05) is 6.54 Å². The Balaban J connectivity index is 2.05. The van der Waals surface area contributed by atoms with E-state index < -0.39 is 17.2 Å². The quantitative estimate of drug-likeness (QED) is 0.903. The molecule has 0 aromatic heterocycles. The van der Waals surface area contributed by atoms with Gasteiger partial charge in [0.2, 0.25) is 0 Å². The molecule has 1 fully saturated rings. The molecule has 2 rings (SSSR count). The van der Waals surface area contributed by atoms with Crippen LogP contribution in [0, 0.1) is 23.0 Å². The number of benzene rings is 1. The van der Waals surface area contributed by atoms with Gasteiger partial charge in [0.25, 0.3) is 0 Å². The molecule has 1 aliphatic carbocycles. The number of hydrogen-bond acceptors (Lipinski definition) is 3. The Kier molecular flexibility index (Phi) is 5.13. The Morgan fingerprint density at radius 2 is 2.10 bits per heavy atom. The molecule has 0 aliphatic heterocycles. The fourth-order valence-electron chi connectivity index (χ4n) is 2.78. The molecule has 1 saturated carbocycles. The van der Waals surface area contributed by atoms with E-state index in [9.17, 15) is 14.0 Å². The van der Waals surface area contributed by atoms with Gasteiger partial charge in [-0.3, -0.25) is 5.32 Å². The van der Waals surface area contributed by atoms with Crippen LogP contribution < -0.4 is 10.1 Å². The van der Waals surface area contributed by atoms with Crippen LogP contribution in [-0.2, 0) is 0 Å². The Morgan fingerprint density at radius 3 is 2.71 bits per heavy atom. The van der Waals surface area contributed by atoms with E-state index in [1.807, 2.05) is 6.92 Å². The van der Waals surface area contributed by atoms with Gasteiger partial charge < -0.3 is 4.74 Å². The molecule has 1 aromatic rings. The molecule has 0 radical (unpaired) electrons. The van der Waals surface area contributed by atoms with E-state index >= 15 is 0 Å². The molecule has 21 heavy (non-hydrogen) atoms. The van der Waals surface area contributed by atoms with E-state index in [4.69, 9.17) is 4.74 Å². The van der Waals surface area contributed by atoms with Gasteiger partial charge in [-0.1, -0.05) is 6.92 Å². The lowest BCUT2D eigenvalue weighted by atomic mass is 9.81. The molecule has 3 nitrogen and oxygen atoms in total. The zero-order chi connectivity index (χ0) is 15.3. The van der Waals surface area contributed by atoms with Crippen LogP contribution in [0.3, 0.4) is 0 Å². The van der Waals surface area contributed by atoms with E-state index in [1.165, 1.54) is 12.1 Å². The third-order valence-electron chi connectivity index (χ3n) is 3.77. The summed E-state index contributed by atoms with van der Waals surface area (Å²) in [7, 11) is 0. The summed E-state index contributed by atoms with van der Waals surface area (Å²) in [6.45, 7) is 2.82. The summed E-state index contributed by atoms with van der Waals surface area (Å²) in [6.07, 6.45) is 3.69. The van der Waals surface area contributed by atoms with E-state index in [0.717, 1.165) is 38.3 Å². The Labute approximate surface area is 123 Å². The van der Waals surface area contributed by atoms with Crippen LogP contribution in [0.25, 0.3) is 0 Å². The Hall–Kier alpha value is -1.67. The number of rotatable bonds is 5. The van der Waals surface area contributed by atoms with Gasteiger partial charge >= 0.3 is 0 Å². The molecule has 0 spiro atoms. The monoisotopic (exact) mass is 294 g/mol. The maximum Gasteiger partial charge on any atom is 0.129 e. The first kappa shape index (κ1) is 15.7. The lowest BCUT2D eigenvalue weighted by molar-refractivity contribution is 0.112. The highest BCUT2D eigenvalue weighted by molar-refractivity contribution is 5.24. The number of nitriles is 1. The molecule has 1 N–H and O–H groups in total. The minimum absolute atomic E-state index is 0.182. The first-order valence-electron chi connectivity index (χ1n) is 7.36. The third kappa shape index (κ3) is 4.15. The number of nitrogens with zero attached hydrogens (tertiary/aromatic N) is 1. The number of halogens is 2. The molecule has 5 heteroatoms. The van der Waals surface area contributed by atoms with E-state index in [0.29, 0.717) is 6.42 Å². The van der Waals surface area contributed by atoms with Crippen molar-refractivity contribution in [1.82, 2.24) is 5.32 Å². The lowest BCUT2D eigenvalue weighted by Gasteiger charge is -2.36. The largest absolute Gasteiger partial charge is 0.490 e. The fraction of sp³-hybridized carbons (Fsp3) is 0.562. The molecular formula is C16H20F2N2O. The first-order chi connectivity index (χ1) is 10.1. The van der Waals surface area contributed by atoms with Gasteiger partial charge in [0, 0.05) is 24.6 Å². The normalized spacial score (nSPS) is 25.3. The molecule has 2 atom stereocenters. The fourth-order valence-corrected chi connectivity index (χ4v) is 2.78. The smallest absolute Gasteiger partial charge is 0.129 e. The zero-order valence-electron chi connectivity index (χ0n) is 12.2. The number of hydrogen-bond donors (Lipinski definition) is 1. The topological polar surface area (TPSA) is 45.0 Å². The number of nitrogens with one attached hydrogen (secondary N) is 1. The van der Waals surface area contributed by atoms with Crippen LogP contribution in [0.4, 0.5) is 8.78 Å². The van der Waals surface area contributed by atoms with Gasteiger partial charge in [0.1, 0.15) is 29.0 Å². The Bertz CT molecular complexity index is 509. The van der Waals surface area contributed by atoms with Crippen molar-refractivity contribution in [1.29, 1.82) is 5.26 Å². The van der Waals surface area contributed by atoms with Gasteiger partial charge in [-0.15, -0.1) is 0 Å². The molecule has 114 valence electrons. The predicted octanol–water partition coefficient (Wildman–Crippen LogP) is 3.55. The van der Waals surface area contributed by atoms with Gasteiger partial charge in [-0.25, -0.2) is 8.78 Å². The SMILES string of the molecule is CCCNC1(C#N)CCCC(Oc2cc(F)cc(F)c2)C1. The summed E-state index contributed by atoms with van der Waals surface area (Å²) in [5.74, 6) is -1.13. The van der Waals surface area contributed by atoms with E-state index in [-0.39, 0.29) is 11.9 Å². The second-order valence-electron chi connectivity index (χ2n) is 5.56. The molecule has 1 aromatic carbocycles. The molecule has 0 saturated heterocycles. The second kappa shape index (κ2) is 6.86. The van der Waals surface area contributed by atoms with Crippen LogP contribution in [0.5, 0.6) is 5.75 Å². The number of ether oxygens (including phenoxy) is 1. The average Bonchev–Trinajstić information content (AvgIpc) is 2.44. The van der Waals surface area contributed by atoms with Crippen molar-refractivity contribution in [2.24, 2.45) is 0 Å². The average molecular weight is 294 g/mol. The van der Waals surface area contributed by atoms with Gasteiger partial charge in [-0.2, -0.15) is 5.26 Å². The minimum atomic E-state index is -0.656. The zero-order valence-corrected chi connectivity index (χ0v) is 12.2. The molecule has 2 unspecified atom stereocenters. The summed E-state index contributed by atoms with van der Waals surface area (Å²) >= 11 is 0. The van der Waals surface area contributed by atoms with E-state index in [2.05, 4.69) is 11.4 Å². The summed E-state index contributed by atoms with van der Waals surface area (Å²) in [6, 6.07) is 5.51. The molecule has 0 bridgehead atoms. The third-order valence-corrected chi connectivity index (χ3v) is 3.77. The highest BCUT2D eigenvalue weighted by atomic mass is 19.1. The minimum Gasteiger partial charge on any atom is -0.490 e. The van der Waals surface area contributed by atoms with E-state index in [1.54, 1.807) is 0 Å². The second-order valence-corrected chi connectivity index (χ2v) is 5.56. The van der Waals surface area contributed by atoms with Gasteiger partial charge in [0.05, 0.1) is 6.07 Å². The van der Waals surface area contributed by atoms with Crippen molar-refractivity contribution >= 4 is 0 Å². The molecular weight excluding hydrogens is 274 g/mol. The molecule has 0 heterocycles. The first-order valence-corrected chi connectivity index (χ1v) is 7.36. The van der Waals surface area contributed by atoms with Crippen LogP contribution in [-0.4, -0.2) is 18.2 Å². The summed E-state index contributed by atoms with van der Waals surface area (Å²) < 4.78 is 32.0.